The Kier molecular flexibility index (Phi) is 3.65. The average Bonchev–Trinajstić information content (AvgIpc) is 3.20. The SMILES string of the molecule is COC1(C(=O)Nc2ccc(C)c(N3CCCS3(=O)=O)c2)CC1. The van der Waals surface area contributed by atoms with Gasteiger partial charge in [0.15, 0.2) is 0 Å². The van der Waals surface area contributed by atoms with E-state index in [-0.39, 0.29) is 11.7 Å². The lowest BCUT2D eigenvalue weighted by molar-refractivity contribution is -0.128. The number of benzene rings is 1. The van der Waals surface area contributed by atoms with Crippen molar-refractivity contribution in [3.8, 4) is 0 Å². The van der Waals surface area contributed by atoms with Crippen LogP contribution in [0.2, 0.25) is 0 Å². The average molecular weight is 324 g/mol. The summed E-state index contributed by atoms with van der Waals surface area (Å²) in [6.45, 7) is 2.36. The second kappa shape index (κ2) is 5.24. The number of hydrogen-bond acceptors (Lipinski definition) is 4. The number of hydrogen-bond donors (Lipinski definition) is 1. The zero-order valence-electron chi connectivity index (χ0n) is 12.8. The highest BCUT2D eigenvalue weighted by molar-refractivity contribution is 7.93. The van der Waals surface area contributed by atoms with E-state index in [4.69, 9.17) is 4.74 Å². The molecule has 1 aromatic carbocycles. The van der Waals surface area contributed by atoms with Crippen LogP contribution in [0.25, 0.3) is 0 Å². The van der Waals surface area contributed by atoms with Crippen molar-refractivity contribution >= 4 is 27.3 Å². The maximum atomic E-state index is 12.2. The number of rotatable bonds is 4. The van der Waals surface area contributed by atoms with E-state index in [0.29, 0.717) is 37.2 Å². The van der Waals surface area contributed by atoms with Crippen LogP contribution < -0.4 is 9.62 Å². The van der Waals surface area contributed by atoms with E-state index in [0.717, 1.165) is 5.56 Å². The molecule has 0 atom stereocenters. The fourth-order valence-corrected chi connectivity index (χ4v) is 4.37. The minimum Gasteiger partial charge on any atom is -0.368 e. The van der Waals surface area contributed by atoms with Crippen molar-refractivity contribution in [3.05, 3.63) is 23.8 Å². The molecule has 1 saturated carbocycles. The van der Waals surface area contributed by atoms with Crippen molar-refractivity contribution in [1.82, 2.24) is 0 Å². The van der Waals surface area contributed by atoms with Gasteiger partial charge in [0.05, 0.1) is 11.4 Å². The molecule has 1 aromatic rings. The predicted octanol–water partition coefficient (Wildman–Crippen LogP) is 1.65. The molecule has 6 nitrogen and oxygen atoms in total. The summed E-state index contributed by atoms with van der Waals surface area (Å²) in [5.41, 5.74) is 1.40. The minimum absolute atomic E-state index is 0.172. The predicted molar refractivity (Wildman–Crippen MR) is 84.5 cm³/mol. The Morgan fingerprint density at radius 3 is 2.64 bits per heavy atom. The van der Waals surface area contributed by atoms with E-state index in [2.05, 4.69) is 5.32 Å². The minimum atomic E-state index is -3.23. The lowest BCUT2D eigenvalue weighted by atomic mass is 10.1. The summed E-state index contributed by atoms with van der Waals surface area (Å²) in [5, 5.41) is 2.83. The Balaban J connectivity index is 1.86. The lowest BCUT2D eigenvalue weighted by Crippen LogP contribution is -2.31. The molecule has 0 spiro atoms. The molecule has 0 bridgehead atoms. The number of methoxy groups -OCH3 is 1. The van der Waals surface area contributed by atoms with E-state index < -0.39 is 15.6 Å². The van der Waals surface area contributed by atoms with Crippen LogP contribution in [0.1, 0.15) is 24.8 Å². The van der Waals surface area contributed by atoms with Crippen LogP contribution in [0.5, 0.6) is 0 Å². The Bertz CT molecular complexity index is 710. The van der Waals surface area contributed by atoms with E-state index in [1.54, 1.807) is 12.1 Å². The summed E-state index contributed by atoms with van der Waals surface area (Å²) in [6, 6.07) is 5.33. The number of sulfonamides is 1. The third-order valence-corrected chi connectivity index (χ3v) is 6.20. The van der Waals surface area contributed by atoms with Crippen LogP contribution in [0.4, 0.5) is 11.4 Å². The molecule has 0 aromatic heterocycles. The number of nitrogens with zero attached hydrogens (tertiary/aromatic N) is 1. The van der Waals surface area contributed by atoms with Crippen molar-refractivity contribution in [2.45, 2.75) is 31.8 Å². The number of carbonyl (C=O) groups excluding carboxylic acids is 1. The first-order chi connectivity index (χ1) is 10.4. The lowest BCUT2D eigenvalue weighted by Gasteiger charge is -2.21. The number of ether oxygens (including phenoxy) is 1. The number of anilines is 2. The molecule has 1 heterocycles. The van der Waals surface area contributed by atoms with Gasteiger partial charge in [0.25, 0.3) is 5.91 Å². The van der Waals surface area contributed by atoms with Gasteiger partial charge in [0, 0.05) is 19.3 Å². The summed E-state index contributed by atoms with van der Waals surface area (Å²) in [7, 11) is -1.70. The van der Waals surface area contributed by atoms with Gasteiger partial charge in [-0.3, -0.25) is 9.10 Å². The zero-order chi connectivity index (χ0) is 16.0. The monoisotopic (exact) mass is 324 g/mol. The van der Waals surface area contributed by atoms with Crippen molar-refractivity contribution in [1.29, 1.82) is 0 Å². The summed E-state index contributed by atoms with van der Waals surface area (Å²) in [5.74, 6) is 0.00426. The van der Waals surface area contributed by atoms with Crippen molar-refractivity contribution < 1.29 is 17.9 Å². The van der Waals surface area contributed by atoms with Gasteiger partial charge < -0.3 is 10.1 Å². The van der Waals surface area contributed by atoms with Crippen LogP contribution in [0.3, 0.4) is 0 Å². The third-order valence-electron chi connectivity index (χ3n) is 4.34. The Labute approximate surface area is 130 Å². The topological polar surface area (TPSA) is 75.7 Å². The van der Waals surface area contributed by atoms with Gasteiger partial charge in [-0.1, -0.05) is 6.07 Å². The van der Waals surface area contributed by atoms with E-state index >= 15 is 0 Å². The molecule has 1 N–H and O–H groups in total. The number of aryl methyl sites for hydroxylation is 1. The standard InChI is InChI=1S/C15H20N2O4S/c1-11-4-5-12(16-14(18)15(21-2)6-7-15)10-13(11)17-8-3-9-22(17,19)20/h4-5,10H,3,6-9H2,1-2H3,(H,16,18). The summed E-state index contributed by atoms with van der Waals surface area (Å²) in [4.78, 5) is 12.2. The molecule has 7 heteroatoms. The Hall–Kier alpha value is -1.60. The quantitative estimate of drug-likeness (QED) is 0.914. The largest absolute Gasteiger partial charge is 0.368 e. The number of amides is 1. The fraction of sp³-hybridized carbons (Fsp3) is 0.533. The van der Waals surface area contributed by atoms with Crippen molar-refractivity contribution in [2.24, 2.45) is 0 Å². The Morgan fingerprint density at radius 1 is 1.36 bits per heavy atom. The van der Waals surface area contributed by atoms with Crippen LogP contribution >= 0.6 is 0 Å². The highest BCUT2D eigenvalue weighted by Crippen LogP contribution is 2.40. The van der Waals surface area contributed by atoms with Gasteiger partial charge in [0.1, 0.15) is 5.60 Å². The van der Waals surface area contributed by atoms with Gasteiger partial charge in [-0.25, -0.2) is 8.42 Å². The highest BCUT2D eigenvalue weighted by Gasteiger charge is 2.50. The molecule has 1 amide bonds. The van der Waals surface area contributed by atoms with Crippen LogP contribution in [0.15, 0.2) is 18.2 Å². The second-order valence-corrected chi connectivity index (χ2v) is 7.91. The van der Waals surface area contributed by atoms with Crippen LogP contribution in [0, 0.1) is 6.92 Å². The summed E-state index contributed by atoms with van der Waals surface area (Å²) >= 11 is 0. The first kappa shape index (κ1) is 15.3. The van der Waals surface area contributed by atoms with Crippen LogP contribution in [-0.4, -0.2) is 39.3 Å². The second-order valence-electron chi connectivity index (χ2n) is 5.90. The molecule has 22 heavy (non-hydrogen) atoms. The first-order valence-corrected chi connectivity index (χ1v) is 8.97. The van der Waals surface area contributed by atoms with Crippen molar-refractivity contribution in [3.63, 3.8) is 0 Å². The van der Waals surface area contributed by atoms with E-state index in [1.807, 2.05) is 13.0 Å². The molecule has 1 aliphatic heterocycles. The van der Waals surface area contributed by atoms with Gasteiger partial charge in [0.2, 0.25) is 10.0 Å². The molecule has 120 valence electrons. The van der Waals surface area contributed by atoms with Gasteiger partial charge >= 0.3 is 0 Å². The maximum absolute atomic E-state index is 12.2. The summed E-state index contributed by atoms with van der Waals surface area (Å²) < 4.78 is 30.8. The van der Waals surface area contributed by atoms with Crippen LogP contribution in [-0.2, 0) is 19.6 Å². The third kappa shape index (κ3) is 2.59. The molecular weight excluding hydrogens is 304 g/mol. The van der Waals surface area contributed by atoms with Gasteiger partial charge in [-0.2, -0.15) is 0 Å². The molecule has 3 rings (SSSR count). The number of carbonyl (C=O) groups is 1. The van der Waals surface area contributed by atoms with Gasteiger partial charge in [-0.05, 0) is 43.9 Å². The number of nitrogens with one attached hydrogen (secondary N) is 1. The first-order valence-electron chi connectivity index (χ1n) is 7.36. The molecule has 1 aliphatic carbocycles. The highest BCUT2D eigenvalue weighted by atomic mass is 32.2. The normalized spacial score (nSPS) is 21.6. The van der Waals surface area contributed by atoms with Crippen molar-refractivity contribution in [2.75, 3.05) is 29.0 Å². The molecular formula is C15H20N2O4S. The molecule has 0 unspecified atom stereocenters. The fourth-order valence-electron chi connectivity index (χ4n) is 2.75. The van der Waals surface area contributed by atoms with Gasteiger partial charge in [-0.15, -0.1) is 0 Å². The van der Waals surface area contributed by atoms with E-state index in [9.17, 15) is 13.2 Å². The summed E-state index contributed by atoms with van der Waals surface area (Å²) in [6.07, 6.45) is 2.06. The Morgan fingerprint density at radius 2 is 2.09 bits per heavy atom. The molecule has 2 aliphatic rings. The maximum Gasteiger partial charge on any atom is 0.256 e. The molecule has 0 radical (unpaired) electrons. The molecule has 2 fully saturated rings. The molecule has 1 saturated heterocycles. The smallest absolute Gasteiger partial charge is 0.256 e. The zero-order valence-corrected chi connectivity index (χ0v) is 13.6. The van der Waals surface area contributed by atoms with E-state index in [1.165, 1.54) is 11.4 Å².